The Bertz CT molecular complexity index is 1440. The Balaban J connectivity index is 1.43. The molecule has 3 aromatic rings. The zero-order valence-corrected chi connectivity index (χ0v) is 20.0. The summed E-state index contributed by atoms with van der Waals surface area (Å²) in [5.74, 6) is -4.70. The van der Waals surface area contributed by atoms with E-state index in [2.05, 4.69) is 5.10 Å². The Morgan fingerprint density at radius 1 is 0.921 bits per heavy atom. The van der Waals surface area contributed by atoms with Crippen molar-refractivity contribution in [1.82, 2.24) is 5.01 Å². The van der Waals surface area contributed by atoms with Crippen LogP contribution in [0.2, 0.25) is 0 Å². The second-order valence-corrected chi connectivity index (χ2v) is 9.14. The second kappa shape index (κ2) is 10.6. The molecule has 1 aliphatic heterocycles. The number of allylic oxidation sites excluding steroid dienone is 1. The Morgan fingerprint density at radius 2 is 1.58 bits per heavy atom. The number of benzene rings is 3. The second-order valence-electron chi connectivity index (χ2n) is 9.14. The van der Waals surface area contributed by atoms with Crippen LogP contribution in [0.1, 0.15) is 46.8 Å². The standard InChI is InChI=1S/C29H22F4N2O3/c30-20-8-4-17(5-9-20)14-19-2-1-3-24-27(19)34-35(28(24)18-6-10-21(31)11-7-18)26(36)16-38-29(37)23-13-12-22(32)15-25(23)33/h4-15,24,28H,1-3,16H2/b19-14-/t24-,28+/m0/s1. The van der Waals surface area contributed by atoms with Crippen LogP contribution in [0.25, 0.3) is 6.08 Å². The SMILES string of the molecule is O=C(OCC(=O)N1N=C2/C(=C\c3ccc(F)cc3)CCC[C@@H]2[C@H]1c1ccc(F)cc1)c1ccc(F)cc1F. The first-order valence-corrected chi connectivity index (χ1v) is 12.0. The molecule has 194 valence electrons. The lowest BCUT2D eigenvalue weighted by Gasteiger charge is -2.29. The minimum absolute atomic E-state index is 0.199. The van der Waals surface area contributed by atoms with E-state index < -0.39 is 47.5 Å². The lowest BCUT2D eigenvalue weighted by Crippen LogP contribution is -2.34. The molecule has 0 radical (unpaired) electrons. The van der Waals surface area contributed by atoms with Crippen LogP contribution < -0.4 is 0 Å². The molecule has 0 spiro atoms. The van der Waals surface area contributed by atoms with E-state index in [1.165, 1.54) is 29.3 Å². The molecule has 5 nitrogen and oxygen atoms in total. The number of amides is 1. The number of ether oxygens (including phenoxy) is 1. The van der Waals surface area contributed by atoms with Gasteiger partial charge in [-0.2, -0.15) is 5.10 Å². The Morgan fingerprint density at radius 3 is 2.26 bits per heavy atom. The quantitative estimate of drug-likeness (QED) is 0.295. The number of fused-ring (bicyclic) bond motifs is 1. The molecule has 1 heterocycles. The number of carbonyl (C=O) groups is 2. The van der Waals surface area contributed by atoms with Crippen LogP contribution in [0.4, 0.5) is 17.6 Å². The summed E-state index contributed by atoms with van der Waals surface area (Å²) < 4.78 is 59.2. The summed E-state index contributed by atoms with van der Waals surface area (Å²) in [4.78, 5) is 25.6. The number of hydrazone groups is 1. The summed E-state index contributed by atoms with van der Waals surface area (Å²) in [6.07, 6.45) is 4.13. The highest BCUT2D eigenvalue weighted by Gasteiger charge is 2.44. The number of hydrogen-bond acceptors (Lipinski definition) is 4. The third-order valence-corrected chi connectivity index (χ3v) is 6.66. The van der Waals surface area contributed by atoms with Gasteiger partial charge in [-0.3, -0.25) is 4.79 Å². The molecular formula is C29H22F4N2O3. The number of rotatable bonds is 5. The van der Waals surface area contributed by atoms with Gasteiger partial charge in [-0.05, 0) is 78.4 Å². The topological polar surface area (TPSA) is 59.0 Å². The molecule has 1 saturated carbocycles. The normalized spacial score (nSPS) is 19.7. The lowest BCUT2D eigenvalue weighted by atomic mass is 9.77. The van der Waals surface area contributed by atoms with Gasteiger partial charge in [0.25, 0.3) is 5.91 Å². The van der Waals surface area contributed by atoms with Crippen LogP contribution in [-0.2, 0) is 9.53 Å². The van der Waals surface area contributed by atoms with Gasteiger partial charge in [0, 0.05) is 12.0 Å². The van der Waals surface area contributed by atoms with Gasteiger partial charge in [-0.1, -0.05) is 24.3 Å². The first kappa shape index (κ1) is 25.4. The highest BCUT2D eigenvalue weighted by Crippen LogP contribution is 2.44. The van der Waals surface area contributed by atoms with Gasteiger partial charge in [0.15, 0.2) is 6.61 Å². The van der Waals surface area contributed by atoms with Gasteiger partial charge < -0.3 is 4.74 Å². The fraction of sp³-hybridized carbons (Fsp3) is 0.207. The first-order chi connectivity index (χ1) is 18.3. The number of esters is 1. The molecule has 1 amide bonds. The first-order valence-electron chi connectivity index (χ1n) is 12.0. The minimum Gasteiger partial charge on any atom is -0.452 e. The van der Waals surface area contributed by atoms with E-state index in [4.69, 9.17) is 4.74 Å². The minimum atomic E-state index is -1.12. The predicted octanol–water partition coefficient (Wildman–Crippen LogP) is 6.22. The average Bonchev–Trinajstić information content (AvgIpc) is 3.30. The van der Waals surface area contributed by atoms with E-state index >= 15 is 0 Å². The van der Waals surface area contributed by atoms with Crippen LogP contribution in [0.15, 0.2) is 77.4 Å². The van der Waals surface area contributed by atoms with Crippen molar-refractivity contribution < 1.29 is 31.9 Å². The predicted molar refractivity (Wildman–Crippen MR) is 132 cm³/mol. The summed E-state index contributed by atoms with van der Waals surface area (Å²) >= 11 is 0. The maximum Gasteiger partial charge on any atom is 0.341 e. The number of nitrogens with zero attached hydrogens (tertiary/aromatic N) is 2. The fourth-order valence-corrected chi connectivity index (χ4v) is 4.89. The van der Waals surface area contributed by atoms with Crippen molar-refractivity contribution in [2.45, 2.75) is 25.3 Å². The van der Waals surface area contributed by atoms with Crippen molar-refractivity contribution in [3.8, 4) is 0 Å². The Kier molecular flexibility index (Phi) is 7.09. The van der Waals surface area contributed by atoms with Crippen molar-refractivity contribution in [2.24, 2.45) is 11.0 Å². The molecule has 3 aromatic carbocycles. The zero-order chi connectivity index (χ0) is 26.8. The summed E-state index contributed by atoms with van der Waals surface area (Å²) in [5.41, 5.74) is 2.51. The van der Waals surface area contributed by atoms with Crippen molar-refractivity contribution >= 4 is 23.7 Å². The summed E-state index contributed by atoms with van der Waals surface area (Å²) in [6.45, 7) is -0.728. The van der Waals surface area contributed by atoms with Gasteiger partial charge in [-0.25, -0.2) is 27.4 Å². The van der Waals surface area contributed by atoms with Crippen molar-refractivity contribution in [1.29, 1.82) is 0 Å². The Hall–Kier alpha value is -4.27. The number of halogens is 4. The lowest BCUT2D eigenvalue weighted by molar-refractivity contribution is -0.137. The van der Waals surface area contributed by atoms with Gasteiger partial charge >= 0.3 is 5.97 Å². The van der Waals surface area contributed by atoms with E-state index in [1.807, 2.05) is 6.08 Å². The average molecular weight is 522 g/mol. The largest absolute Gasteiger partial charge is 0.452 e. The molecule has 2 aliphatic rings. The van der Waals surface area contributed by atoms with Gasteiger partial charge in [0.1, 0.15) is 23.3 Å². The molecule has 1 fully saturated rings. The van der Waals surface area contributed by atoms with Crippen molar-refractivity contribution in [2.75, 3.05) is 6.61 Å². The molecule has 38 heavy (non-hydrogen) atoms. The fourth-order valence-electron chi connectivity index (χ4n) is 4.89. The maximum absolute atomic E-state index is 14.0. The zero-order valence-electron chi connectivity index (χ0n) is 20.0. The summed E-state index contributed by atoms with van der Waals surface area (Å²) in [6, 6.07) is 13.6. The smallest absolute Gasteiger partial charge is 0.341 e. The van der Waals surface area contributed by atoms with Gasteiger partial charge in [-0.15, -0.1) is 0 Å². The molecule has 0 N–H and O–H groups in total. The number of carbonyl (C=O) groups excluding carboxylic acids is 2. The van der Waals surface area contributed by atoms with Crippen LogP contribution >= 0.6 is 0 Å². The molecule has 0 bridgehead atoms. The summed E-state index contributed by atoms with van der Waals surface area (Å²) in [7, 11) is 0. The molecule has 9 heteroatoms. The molecular weight excluding hydrogens is 500 g/mol. The maximum atomic E-state index is 14.0. The molecule has 0 saturated heterocycles. The van der Waals surface area contributed by atoms with E-state index in [0.29, 0.717) is 30.2 Å². The van der Waals surface area contributed by atoms with Crippen LogP contribution in [0.3, 0.4) is 0 Å². The van der Waals surface area contributed by atoms with E-state index in [1.54, 1.807) is 24.3 Å². The van der Waals surface area contributed by atoms with E-state index in [-0.39, 0.29) is 11.7 Å². The Labute approximate surface area is 216 Å². The monoisotopic (exact) mass is 522 g/mol. The summed E-state index contributed by atoms with van der Waals surface area (Å²) in [5, 5.41) is 5.84. The number of hydrogen-bond donors (Lipinski definition) is 0. The molecule has 5 rings (SSSR count). The van der Waals surface area contributed by atoms with Gasteiger partial charge in [0.2, 0.25) is 0 Å². The molecule has 0 unspecified atom stereocenters. The highest BCUT2D eigenvalue weighted by molar-refractivity contribution is 6.08. The molecule has 2 atom stereocenters. The van der Waals surface area contributed by atoms with E-state index in [9.17, 15) is 27.2 Å². The molecule has 1 aliphatic carbocycles. The van der Waals surface area contributed by atoms with E-state index in [0.717, 1.165) is 29.7 Å². The third kappa shape index (κ3) is 5.22. The molecule has 0 aromatic heterocycles. The van der Waals surface area contributed by atoms with Crippen molar-refractivity contribution in [3.63, 3.8) is 0 Å². The van der Waals surface area contributed by atoms with Gasteiger partial charge in [0.05, 0.1) is 17.3 Å². The van der Waals surface area contributed by atoms with Crippen LogP contribution in [0, 0.1) is 29.2 Å². The van der Waals surface area contributed by atoms with Crippen LogP contribution in [-0.4, -0.2) is 29.2 Å². The third-order valence-electron chi connectivity index (χ3n) is 6.66. The van der Waals surface area contributed by atoms with Crippen molar-refractivity contribution in [3.05, 3.63) is 112 Å². The highest BCUT2D eigenvalue weighted by atomic mass is 19.1. The van der Waals surface area contributed by atoms with Crippen LogP contribution in [0.5, 0.6) is 0 Å².